The largest absolute Gasteiger partial charge is 1.00 e. The Hall–Kier alpha value is -0.214. The molecular weight excluding hydrogens is 447 g/mol. The van der Waals surface area contributed by atoms with Crippen molar-refractivity contribution in [2.75, 3.05) is 0 Å². The average Bonchev–Trinajstić information content (AvgIpc) is 2.75. The zero-order chi connectivity index (χ0) is 22.4. The average molecular weight is 485 g/mol. The molecule has 0 spiro atoms. The third-order valence-corrected chi connectivity index (χ3v) is 6.49. The number of ether oxygens (including phenoxy) is 1. The first-order chi connectivity index (χ1) is 15.0. The molecule has 0 N–H and O–H groups in total. The minimum Gasteiger partial charge on any atom is -0.744 e. The molecule has 0 bridgehead atoms. The summed E-state index contributed by atoms with van der Waals surface area (Å²) in [7, 11) is -4.58. The molecule has 4 nitrogen and oxygen atoms in total. The molecular formula is C26H37KO4S. The summed E-state index contributed by atoms with van der Waals surface area (Å²) in [4.78, 5) is -0.324. The Morgan fingerprint density at radius 3 is 1.72 bits per heavy atom. The van der Waals surface area contributed by atoms with Crippen LogP contribution in [-0.4, -0.2) is 13.0 Å². The number of aryl methyl sites for hydroxylation is 1. The number of hydrogen-bond acceptors (Lipinski definition) is 4. The molecule has 0 unspecified atom stereocenters. The number of unbranched alkanes of at least 4 members (excludes halogenated alkanes) is 11. The molecule has 0 saturated carbocycles. The first kappa shape index (κ1) is 29.8. The molecule has 0 atom stereocenters. The Labute approximate surface area is 237 Å². The summed E-state index contributed by atoms with van der Waals surface area (Å²) in [6.07, 6.45) is 16.6. The van der Waals surface area contributed by atoms with E-state index in [1.54, 1.807) is 6.07 Å². The van der Waals surface area contributed by atoms with Gasteiger partial charge in [0.25, 0.3) is 0 Å². The molecule has 0 heterocycles. The van der Waals surface area contributed by atoms with Crippen LogP contribution in [0.1, 0.15) is 89.5 Å². The Bertz CT molecular complexity index is 868. The number of hydrogen-bond donors (Lipinski definition) is 0. The summed E-state index contributed by atoms with van der Waals surface area (Å²) in [5.41, 5.74) is 1.03. The van der Waals surface area contributed by atoms with Gasteiger partial charge in [0.05, 0.1) is 4.90 Å². The molecule has 0 saturated heterocycles. The topological polar surface area (TPSA) is 66.4 Å². The van der Waals surface area contributed by atoms with E-state index in [9.17, 15) is 13.0 Å². The molecule has 0 fully saturated rings. The summed E-state index contributed by atoms with van der Waals surface area (Å²) in [5, 5.41) is 0. The summed E-state index contributed by atoms with van der Waals surface area (Å²) in [6, 6.07) is 13.6. The molecule has 0 radical (unpaired) electrons. The minimum atomic E-state index is -4.58. The molecule has 0 amide bonds. The van der Waals surface area contributed by atoms with Crippen LogP contribution in [0.5, 0.6) is 11.5 Å². The van der Waals surface area contributed by atoms with Crippen molar-refractivity contribution in [3.8, 4) is 11.5 Å². The number of para-hydroxylation sites is 2. The van der Waals surface area contributed by atoms with E-state index in [2.05, 4.69) is 6.92 Å². The van der Waals surface area contributed by atoms with Gasteiger partial charge in [-0.2, -0.15) is 0 Å². The van der Waals surface area contributed by atoms with Crippen molar-refractivity contribution in [3.63, 3.8) is 0 Å². The summed E-state index contributed by atoms with van der Waals surface area (Å²) >= 11 is 0. The van der Waals surface area contributed by atoms with Crippen LogP contribution in [0.15, 0.2) is 53.4 Å². The van der Waals surface area contributed by atoms with E-state index >= 15 is 0 Å². The van der Waals surface area contributed by atoms with E-state index in [1.807, 2.05) is 24.3 Å². The maximum atomic E-state index is 11.5. The fourth-order valence-electron chi connectivity index (χ4n) is 3.83. The molecule has 2 rings (SSSR count). The normalized spacial score (nSPS) is 11.2. The van der Waals surface area contributed by atoms with E-state index in [-0.39, 0.29) is 62.0 Å². The number of benzene rings is 2. The van der Waals surface area contributed by atoms with Gasteiger partial charge in [0.2, 0.25) is 0 Å². The van der Waals surface area contributed by atoms with E-state index in [0.29, 0.717) is 5.75 Å². The molecule has 172 valence electrons. The van der Waals surface area contributed by atoms with Crippen LogP contribution in [0.2, 0.25) is 0 Å². The standard InChI is InChI=1S/C26H38O4S.K/c1-2-3-4-5-6-7-8-9-10-11-12-13-18-23-19-14-15-20-24(23)30-25-21-16-17-22-26(25)31(27,28)29;/h14-17,19-22H,2-13,18H2,1H3,(H,27,28,29);/q;+1/p-1. The number of rotatable bonds is 16. The molecule has 0 aliphatic rings. The van der Waals surface area contributed by atoms with Gasteiger partial charge < -0.3 is 9.29 Å². The molecule has 0 aromatic heterocycles. The van der Waals surface area contributed by atoms with Crippen LogP contribution >= 0.6 is 0 Å². The van der Waals surface area contributed by atoms with Crippen LogP contribution in [0.3, 0.4) is 0 Å². The van der Waals surface area contributed by atoms with Crippen LogP contribution in [-0.2, 0) is 16.5 Å². The quantitative estimate of drug-likeness (QED) is 0.198. The Morgan fingerprint density at radius 2 is 1.16 bits per heavy atom. The van der Waals surface area contributed by atoms with Crippen LogP contribution in [0, 0.1) is 0 Å². The molecule has 0 aliphatic heterocycles. The Kier molecular flexibility index (Phi) is 16.1. The maximum absolute atomic E-state index is 11.5. The monoisotopic (exact) mass is 484 g/mol. The Morgan fingerprint density at radius 1 is 0.688 bits per heavy atom. The molecule has 32 heavy (non-hydrogen) atoms. The van der Waals surface area contributed by atoms with Gasteiger partial charge in [-0.15, -0.1) is 0 Å². The fraction of sp³-hybridized carbons (Fsp3) is 0.538. The van der Waals surface area contributed by atoms with Gasteiger partial charge >= 0.3 is 51.4 Å². The summed E-state index contributed by atoms with van der Waals surface area (Å²) in [6.45, 7) is 2.26. The van der Waals surface area contributed by atoms with Crippen molar-refractivity contribution >= 4 is 10.1 Å². The van der Waals surface area contributed by atoms with Gasteiger partial charge in [0, 0.05) is 0 Å². The summed E-state index contributed by atoms with van der Waals surface area (Å²) in [5.74, 6) is 0.696. The van der Waals surface area contributed by atoms with E-state index in [0.717, 1.165) is 18.4 Å². The molecule has 2 aromatic carbocycles. The second-order valence-corrected chi connectivity index (χ2v) is 9.60. The van der Waals surface area contributed by atoms with Crippen molar-refractivity contribution in [1.29, 1.82) is 0 Å². The van der Waals surface area contributed by atoms with Crippen molar-refractivity contribution < 1.29 is 69.1 Å². The van der Waals surface area contributed by atoms with Gasteiger partial charge in [-0.1, -0.05) is 108 Å². The Balaban J connectivity index is 0.00000512. The van der Waals surface area contributed by atoms with Crippen molar-refractivity contribution in [1.82, 2.24) is 0 Å². The van der Waals surface area contributed by atoms with Gasteiger partial charge in [-0.3, -0.25) is 0 Å². The van der Waals surface area contributed by atoms with Crippen LogP contribution < -0.4 is 56.1 Å². The van der Waals surface area contributed by atoms with Crippen molar-refractivity contribution in [2.24, 2.45) is 0 Å². The third kappa shape index (κ3) is 11.8. The fourth-order valence-corrected chi connectivity index (χ4v) is 4.43. The minimum absolute atomic E-state index is 0. The van der Waals surface area contributed by atoms with Gasteiger partial charge in [0.15, 0.2) is 0 Å². The predicted molar refractivity (Wildman–Crippen MR) is 126 cm³/mol. The van der Waals surface area contributed by atoms with E-state index < -0.39 is 10.1 Å². The first-order valence-electron chi connectivity index (χ1n) is 11.8. The maximum Gasteiger partial charge on any atom is 1.00 e. The van der Waals surface area contributed by atoms with Crippen LogP contribution in [0.4, 0.5) is 0 Å². The smallest absolute Gasteiger partial charge is 0.744 e. The predicted octanol–water partition coefficient (Wildman–Crippen LogP) is 4.63. The zero-order valence-corrected chi connectivity index (χ0v) is 23.8. The van der Waals surface area contributed by atoms with Gasteiger partial charge in [-0.25, -0.2) is 8.42 Å². The molecule has 2 aromatic rings. The van der Waals surface area contributed by atoms with E-state index in [4.69, 9.17) is 4.74 Å². The van der Waals surface area contributed by atoms with Crippen molar-refractivity contribution in [2.45, 2.75) is 95.3 Å². The van der Waals surface area contributed by atoms with Crippen LogP contribution in [0.25, 0.3) is 0 Å². The SMILES string of the molecule is CCCCCCCCCCCCCCc1ccccc1Oc1ccccc1S(=O)(=O)[O-].[K+]. The summed E-state index contributed by atoms with van der Waals surface area (Å²) < 4.78 is 40.3. The van der Waals surface area contributed by atoms with Gasteiger partial charge in [0.1, 0.15) is 21.6 Å². The third-order valence-electron chi connectivity index (χ3n) is 5.61. The van der Waals surface area contributed by atoms with Crippen molar-refractivity contribution in [3.05, 3.63) is 54.1 Å². The molecule has 6 heteroatoms. The second kappa shape index (κ2) is 17.3. The molecule has 0 aliphatic carbocycles. The van der Waals surface area contributed by atoms with Gasteiger partial charge in [-0.05, 0) is 36.6 Å². The zero-order valence-electron chi connectivity index (χ0n) is 19.9. The first-order valence-corrected chi connectivity index (χ1v) is 13.2. The second-order valence-electron chi connectivity index (χ2n) is 8.25. The van der Waals surface area contributed by atoms with E-state index in [1.165, 1.54) is 88.8 Å².